The van der Waals surface area contributed by atoms with Crippen molar-refractivity contribution < 1.29 is 14.3 Å². The second-order valence-corrected chi connectivity index (χ2v) is 3.02. The van der Waals surface area contributed by atoms with Gasteiger partial charge in [-0.25, -0.2) is 4.39 Å². The first-order valence-electron chi connectivity index (χ1n) is 3.73. The highest BCUT2D eigenvalue weighted by Crippen LogP contribution is 2.25. The number of hydrogen-bond donors (Lipinski definition) is 2. The Hall–Kier alpha value is -0.640. The van der Waals surface area contributed by atoms with Crippen molar-refractivity contribution in [2.45, 2.75) is 31.5 Å². The number of hydrogen-bond acceptors (Lipinski definition) is 2. The first-order chi connectivity index (χ1) is 5.11. The third-order valence-electron chi connectivity index (χ3n) is 2.16. The van der Waals surface area contributed by atoms with Crippen LogP contribution in [0.4, 0.5) is 4.39 Å². The van der Waals surface area contributed by atoms with Crippen LogP contribution < -0.4 is 5.73 Å². The highest BCUT2D eigenvalue weighted by molar-refractivity contribution is 5.71. The van der Waals surface area contributed by atoms with E-state index in [9.17, 15) is 9.18 Å². The molecule has 1 aliphatic carbocycles. The third kappa shape index (κ3) is 1.89. The van der Waals surface area contributed by atoms with Crippen molar-refractivity contribution in [3.8, 4) is 0 Å². The fraction of sp³-hybridized carbons (Fsp3) is 0.857. The van der Waals surface area contributed by atoms with Crippen LogP contribution in [0.5, 0.6) is 0 Å². The van der Waals surface area contributed by atoms with Crippen molar-refractivity contribution in [2.24, 2.45) is 11.7 Å². The maximum Gasteiger partial charge on any atom is 0.308 e. The van der Waals surface area contributed by atoms with Crippen LogP contribution in [0.2, 0.25) is 0 Å². The summed E-state index contributed by atoms with van der Waals surface area (Å²) in [6.45, 7) is 0. The van der Waals surface area contributed by atoms with E-state index < -0.39 is 18.1 Å². The maximum atomic E-state index is 12.6. The minimum absolute atomic E-state index is 0.0799. The lowest BCUT2D eigenvalue weighted by atomic mass is 9.84. The number of nitrogens with two attached hydrogens (primary N) is 1. The predicted octanol–water partition coefficient (Wildman–Crippen LogP) is 0.536. The number of carbonyl (C=O) groups is 1. The third-order valence-corrected chi connectivity index (χ3v) is 2.16. The monoisotopic (exact) mass is 161 g/mol. The van der Waals surface area contributed by atoms with Gasteiger partial charge >= 0.3 is 5.97 Å². The molecule has 64 valence electrons. The van der Waals surface area contributed by atoms with Crippen LogP contribution in [0.15, 0.2) is 0 Å². The van der Waals surface area contributed by atoms with Gasteiger partial charge in [0.15, 0.2) is 0 Å². The summed E-state index contributed by atoms with van der Waals surface area (Å²) in [4.78, 5) is 10.5. The Balaban J connectivity index is 2.54. The molecule has 0 heterocycles. The molecule has 0 saturated heterocycles. The molecule has 0 spiro atoms. The summed E-state index contributed by atoms with van der Waals surface area (Å²) < 4.78 is 12.6. The largest absolute Gasteiger partial charge is 0.481 e. The number of carboxylic acid groups (broad SMARTS) is 1. The van der Waals surface area contributed by atoms with Gasteiger partial charge in [-0.15, -0.1) is 0 Å². The average molecular weight is 161 g/mol. The molecule has 1 fully saturated rings. The summed E-state index contributed by atoms with van der Waals surface area (Å²) in [7, 11) is 0. The fourth-order valence-corrected chi connectivity index (χ4v) is 1.43. The van der Waals surface area contributed by atoms with Crippen molar-refractivity contribution in [1.29, 1.82) is 0 Å². The number of alkyl halides is 1. The van der Waals surface area contributed by atoms with Crippen molar-refractivity contribution in [3.05, 3.63) is 0 Å². The summed E-state index contributed by atoms with van der Waals surface area (Å²) in [5.41, 5.74) is 5.49. The summed E-state index contributed by atoms with van der Waals surface area (Å²) in [6, 6.07) is -0.362. The molecule has 0 aromatic heterocycles. The molecule has 3 atom stereocenters. The van der Waals surface area contributed by atoms with Crippen molar-refractivity contribution in [3.63, 3.8) is 0 Å². The molecule has 0 aromatic carbocycles. The second-order valence-electron chi connectivity index (χ2n) is 3.02. The molecule has 1 saturated carbocycles. The fourth-order valence-electron chi connectivity index (χ4n) is 1.43. The Labute approximate surface area is 64.4 Å². The molecule has 3 N–H and O–H groups in total. The summed E-state index contributed by atoms with van der Waals surface area (Å²) >= 11 is 0. The van der Waals surface area contributed by atoms with E-state index >= 15 is 0 Å². The normalized spacial score (nSPS) is 38.5. The van der Waals surface area contributed by atoms with Gasteiger partial charge in [-0.05, 0) is 19.3 Å². The Kier molecular flexibility index (Phi) is 2.44. The van der Waals surface area contributed by atoms with E-state index in [1.807, 2.05) is 0 Å². The number of aliphatic carboxylic acids is 1. The van der Waals surface area contributed by atoms with Gasteiger partial charge < -0.3 is 10.8 Å². The van der Waals surface area contributed by atoms with Crippen molar-refractivity contribution in [2.75, 3.05) is 0 Å². The van der Waals surface area contributed by atoms with Crippen LogP contribution in [0.1, 0.15) is 19.3 Å². The van der Waals surface area contributed by atoms with Crippen molar-refractivity contribution in [1.82, 2.24) is 0 Å². The molecule has 1 aliphatic rings. The van der Waals surface area contributed by atoms with Crippen molar-refractivity contribution >= 4 is 5.97 Å². The van der Waals surface area contributed by atoms with E-state index in [1.54, 1.807) is 0 Å². The number of halogens is 1. The first-order valence-corrected chi connectivity index (χ1v) is 3.73. The number of rotatable bonds is 1. The Morgan fingerprint density at radius 2 is 2.18 bits per heavy atom. The second kappa shape index (κ2) is 3.17. The van der Waals surface area contributed by atoms with Crippen LogP contribution in [-0.2, 0) is 4.79 Å². The summed E-state index contributed by atoms with van der Waals surface area (Å²) in [5.74, 6) is -1.65. The first kappa shape index (κ1) is 8.46. The molecule has 3 unspecified atom stereocenters. The highest BCUT2D eigenvalue weighted by Gasteiger charge is 2.32. The Bertz CT molecular complexity index is 163. The molecule has 0 bridgehead atoms. The van der Waals surface area contributed by atoms with Gasteiger partial charge in [0.05, 0.1) is 5.92 Å². The van der Waals surface area contributed by atoms with Gasteiger partial charge in [-0.1, -0.05) is 0 Å². The van der Waals surface area contributed by atoms with Crippen LogP contribution in [0, 0.1) is 5.92 Å². The van der Waals surface area contributed by atoms with Gasteiger partial charge in [0, 0.05) is 6.04 Å². The zero-order valence-electron chi connectivity index (χ0n) is 6.16. The summed E-state index contributed by atoms with van der Waals surface area (Å²) in [5, 5.41) is 8.58. The van der Waals surface area contributed by atoms with Crippen LogP contribution in [0.25, 0.3) is 0 Å². The average Bonchev–Trinajstić information content (AvgIpc) is 1.94. The molecule has 0 aliphatic heterocycles. The lowest BCUT2D eigenvalue weighted by molar-refractivity contribution is -0.144. The zero-order chi connectivity index (χ0) is 8.43. The predicted molar refractivity (Wildman–Crippen MR) is 37.8 cm³/mol. The van der Waals surface area contributed by atoms with Gasteiger partial charge in [-0.3, -0.25) is 4.79 Å². The molecular formula is C7H12FNO2. The topological polar surface area (TPSA) is 63.3 Å². The van der Waals surface area contributed by atoms with Gasteiger partial charge in [0.25, 0.3) is 0 Å². The molecule has 4 heteroatoms. The van der Waals surface area contributed by atoms with E-state index in [0.717, 1.165) is 0 Å². The Morgan fingerprint density at radius 1 is 1.55 bits per heavy atom. The smallest absolute Gasteiger partial charge is 0.308 e. The van der Waals surface area contributed by atoms with E-state index in [0.29, 0.717) is 12.8 Å². The molecular weight excluding hydrogens is 149 g/mol. The molecule has 3 nitrogen and oxygen atoms in total. The van der Waals surface area contributed by atoms with E-state index in [4.69, 9.17) is 10.8 Å². The van der Waals surface area contributed by atoms with Crippen LogP contribution in [0.3, 0.4) is 0 Å². The van der Waals surface area contributed by atoms with Crippen LogP contribution >= 0.6 is 0 Å². The van der Waals surface area contributed by atoms with Gasteiger partial charge in [0.2, 0.25) is 0 Å². The van der Waals surface area contributed by atoms with E-state index in [1.165, 1.54) is 0 Å². The lowest BCUT2D eigenvalue weighted by Gasteiger charge is -2.27. The van der Waals surface area contributed by atoms with E-state index in [-0.39, 0.29) is 12.5 Å². The highest BCUT2D eigenvalue weighted by atomic mass is 19.1. The quantitative estimate of drug-likeness (QED) is 0.589. The summed E-state index contributed by atoms with van der Waals surface area (Å²) in [6.07, 6.45) is -0.00421. The minimum Gasteiger partial charge on any atom is -0.481 e. The minimum atomic E-state index is -0.976. The molecule has 11 heavy (non-hydrogen) atoms. The zero-order valence-corrected chi connectivity index (χ0v) is 6.16. The Morgan fingerprint density at radius 3 is 2.64 bits per heavy atom. The number of carboxylic acids is 1. The van der Waals surface area contributed by atoms with Gasteiger partial charge in [0.1, 0.15) is 6.17 Å². The molecule has 1 rings (SSSR count). The molecule has 0 amide bonds. The molecule has 0 radical (unpaired) electrons. The lowest BCUT2D eigenvalue weighted by Crippen LogP contribution is -2.41. The van der Waals surface area contributed by atoms with E-state index in [2.05, 4.69) is 0 Å². The SMILES string of the molecule is NC1CCC(F)CC1C(=O)O. The van der Waals surface area contributed by atoms with Gasteiger partial charge in [-0.2, -0.15) is 0 Å². The molecule has 0 aromatic rings. The maximum absolute atomic E-state index is 12.6. The van der Waals surface area contributed by atoms with Crippen LogP contribution in [-0.4, -0.2) is 23.3 Å². The standard InChI is InChI=1S/C7H12FNO2/c8-4-1-2-6(9)5(3-4)7(10)11/h4-6H,1-3,9H2,(H,10,11).